The van der Waals surface area contributed by atoms with Gasteiger partial charge in [0.2, 0.25) is 5.95 Å². The average molecular weight is 291 g/mol. The van der Waals surface area contributed by atoms with E-state index in [2.05, 4.69) is 16.6 Å². The van der Waals surface area contributed by atoms with Gasteiger partial charge in [0.05, 0.1) is 11.0 Å². The van der Waals surface area contributed by atoms with Gasteiger partial charge in [-0.2, -0.15) is 0 Å². The van der Waals surface area contributed by atoms with E-state index in [9.17, 15) is 5.11 Å². The number of aliphatic imine (C=N–C) groups is 1. The van der Waals surface area contributed by atoms with Crippen LogP contribution in [0.1, 0.15) is 11.1 Å². The Morgan fingerprint density at radius 2 is 2.05 bits per heavy atom. The van der Waals surface area contributed by atoms with Crippen molar-refractivity contribution in [1.82, 2.24) is 9.55 Å². The normalized spacial score (nSPS) is 11.3. The van der Waals surface area contributed by atoms with Crippen LogP contribution in [0.25, 0.3) is 11.0 Å². The molecule has 0 bridgehead atoms. The summed E-state index contributed by atoms with van der Waals surface area (Å²) in [6.07, 6.45) is 4.03. The number of rotatable bonds is 4. The maximum Gasteiger partial charge on any atom is 0.230 e. The van der Waals surface area contributed by atoms with E-state index in [1.807, 2.05) is 54.1 Å². The molecule has 1 N–H and O–H groups in total. The summed E-state index contributed by atoms with van der Waals surface area (Å²) >= 11 is 0. The van der Waals surface area contributed by atoms with Gasteiger partial charge >= 0.3 is 0 Å². The van der Waals surface area contributed by atoms with E-state index in [0.717, 1.165) is 16.6 Å². The summed E-state index contributed by atoms with van der Waals surface area (Å²) < 4.78 is 1.93. The third kappa shape index (κ3) is 2.51. The highest BCUT2D eigenvalue weighted by Gasteiger charge is 2.07. The molecule has 0 spiro atoms. The molecule has 22 heavy (non-hydrogen) atoms. The summed E-state index contributed by atoms with van der Waals surface area (Å²) in [5.41, 5.74) is 3.44. The van der Waals surface area contributed by atoms with Gasteiger partial charge in [0.25, 0.3) is 0 Å². The third-order valence-corrected chi connectivity index (χ3v) is 3.60. The lowest BCUT2D eigenvalue weighted by Crippen LogP contribution is -1.90. The van der Waals surface area contributed by atoms with Crippen LogP contribution in [0.15, 0.2) is 60.1 Å². The number of phenolic OH excluding ortho intramolecular Hbond substituents is 1. The number of aryl methyl sites for hydroxylation is 1. The first-order valence-electron chi connectivity index (χ1n) is 7.08. The molecule has 0 saturated carbocycles. The Bertz CT molecular complexity index is 862. The predicted molar refractivity (Wildman–Crippen MR) is 90.0 cm³/mol. The van der Waals surface area contributed by atoms with Crippen LogP contribution in [0.3, 0.4) is 0 Å². The second-order valence-electron chi connectivity index (χ2n) is 5.07. The second kappa shape index (κ2) is 5.85. The summed E-state index contributed by atoms with van der Waals surface area (Å²) in [6.45, 7) is 3.70. The van der Waals surface area contributed by atoms with Gasteiger partial charge in [-0.25, -0.2) is 9.98 Å². The molecule has 4 nitrogen and oxygen atoms in total. The van der Waals surface area contributed by atoms with E-state index in [1.54, 1.807) is 12.3 Å². The van der Waals surface area contributed by atoms with Crippen LogP contribution >= 0.6 is 0 Å². The number of hydrogen-bond acceptors (Lipinski definition) is 3. The van der Waals surface area contributed by atoms with E-state index in [1.165, 1.54) is 0 Å². The molecule has 1 aromatic heterocycles. The molecule has 3 aromatic rings. The minimum absolute atomic E-state index is 0.241. The number of aromatic hydroxyl groups is 1. The van der Waals surface area contributed by atoms with Gasteiger partial charge in [0.1, 0.15) is 5.75 Å². The van der Waals surface area contributed by atoms with Crippen LogP contribution in [0.2, 0.25) is 0 Å². The number of fused-ring (bicyclic) bond motifs is 1. The van der Waals surface area contributed by atoms with Gasteiger partial charge < -0.3 is 9.67 Å². The molecule has 0 amide bonds. The van der Waals surface area contributed by atoms with Crippen molar-refractivity contribution in [3.05, 3.63) is 66.2 Å². The highest BCUT2D eigenvalue weighted by atomic mass is 16.3. The fraction of sp³-hybridized carbons (Fsp3) is 0.111. The molecular formula is C18H17N3O. The van der Waals surface area contributed by atoms with E-state index in [0.29, 0.717) is 17.9 Å². The molecule has 110 valence electrons. The SMILES string of the molecule is C=CCc1cccc(C=Nc2nc3ccccc3n2C)c1O. The van der Waals surface area contributed by atoms with E-state index in [4.69, 9.17) is 0 Å². The molecule has 0 fully saturated rings. The van der Waals surface area contributed by atoms with Gasteiger partial charge in [-0.15, -0.1) is 6.58 Å². The number of phenols is 1. The number of allylic oxidation sites excluding steroid dienone is 1. The van der Waals surface area contributed by atoms with Gasteiger partial charge in [-0.05, 0) is 30.2 Å². The number of imidazole rings is 1. The number of para-hydroxylation sites is 3. The van der Waals surface area contributed by atoms with Crippen LogP contribution in [0.5, 0.6) is 5.75 Å². The van der Waals surface area contributed by atoms with Crippen molar-refractivity contribution in [3.8, 4) is 5.75 Å². The first-order chi connectivity index (χ1) is 10.7. The maximum absolute atomic E-state index is 10.2. The molecule has 0 atom stereocenters. The van der Waals surface area contributed by atoms with Crippen molar-refractivity contribution in [2.45, 2.75) is 6.42 Å². The Labute approximate surface area is 129 Å². The summed E-state index contributed by atoms with van der Waals surface area (Å²) in [6, 6.07) is 13.5. The van der Waals surface area contributed by atoms with Crippen LogP contribution in [0, 0.1) is 0 Å². The van der Waals surface area contributed by atoms with Crippen molar-refractivity contribution >= 4 is 23.2 Å². The monoisotopic (exact) mass is 291 g/mol. The molecule has 0 aliphatic carbocycles. The second-order valence-corrected chi connectivity index (χ2v) is 5.07. The first kappa shape index (κ1) is 14.1. The molecule has 4 heteroatoms. The Balaban J connectivity index is 1.98. The predicted octanol–water partition coefficient (Wildman–Crippen LogP) is 3.76. The highest BCUT2D eigenvalue weighted by Crippen LogP contribution is 2.23. The quantitative estimate of drug-likeness (QED) is 0.588. The Morgan fingerprint density at radius 1 is 1.23 bits per heavy atom. The van der Waals surface area contributed by atoms with E-state index >= 15 is 0 Å². The van der Waals surface area contributed by atoms with Gasteiger partial charge in [-0.1, -0.05) is 30.3 Å². The number of benzene rings is 2. The lowest BCUT2D eigenvalue weighted by molar-refractivity contribution is 0.469. The largest absolute Gasteiger partial charge is 0.507 e. The lowest BCUT2D eigenvalue weighted by Gasteiger charge is -2.04. The topological polar surface area (TPSA) is 50.4 Å². The standard InChI is InChI=1S/C18H17N3O/c1-3-7-13-8-6-9-14(17(13)22)12-19-18-20-15-10-4-5-11-16(15)21(18)2/h3-6,8-12,22H,1,7H2,2H3. The zero-order valence-electron chi connectivity index (χ0n) is 12.4. The molecule has 0 radical (unpaired) electrons. The summed E-state index contributed by atoms with van der Waals surface area (Å²) in [5, 5.41) is 10.2. The van der Waals surface area contributed by atoms with Crippen molar-refractivity contribution in [2.75, 3.05) is 0 Å². The number of nitrogens with zero attached hydrogens (tertiary/aromatic N) is 3. The fourth-order valence-electron chi connectivity index (χ4n) is 2.41. The zero-order chi connectivity index (χ0) is 15.5. The number of aromatic nitrogens is 2. The van der Waals surface area contributed by atoms with Crippen molar-refractivity contribution in [3.63, 3.8) is 0 Å². The molecule has 2 aromatic carbocycles. The first-order valence-corrected chi connectivity index (χ1v) is 7.08. The smallest absolute Gasteiger partial charge is 0.230 e. The van der Waals surface area contributed by atoms with Crippen molar-refractivity contribution < 1.29 is 5.11 Å². The molecule has 1 heterocycles. The molecule has 0 aliphatic rings. The van der Waals surface area contributed by atoms with Crippen LogP contribution in [0.4, 0.5) is 5.95 Å². The Hall–Kier alpha value is -2.88. The van der Waals surface area contributed by atoms with Crippen LogP contribution < -0.4 is 0 Å². The Morgan fingerprint density at radius 3 is 2.82 bits per heavy atom. The summed E-state index contributed by atoms with van der Waals surface area (Å²) in [5.74, 6) is 0.847. The van der Waals surface area contributed by atoms with E-state index in [-0.39, 0.29) is 5.75 Å². The summed E-state index contributed by atoms with van der Waals surface area (Å²) in [7, 11) is 1.93. The Kier molecular flexibility index (Phi) is 3.74. The van der Waals surface area contributed by atoms with Crippen molar-refractivity contribution in [1.29, 1.82) is 0 Å². The van der Waals surface area contributed by atoms with Crippen LogP contribution in [-0.2, 0) is 13.5 Å². The third-order valence-electron chi connectivity index (χ3n) is 3.60. The maximum atomic E-state index is 10.2. The minimum Gasteiger partial charge on any atom is -0.507 e. The fourth-order valence-corrected chi connectivity index (χ4v) is 2.41. The van der Waals surface area contributed by atoms with Crippen molar-refractivity contribution in [2.24, 2.45) is 12.0 Å². The van der Waals surface area contributed by atoms with E-state index < -0.39 is 0 Å². The zero-order valence-corrected chi connectivity index (χ0v) is 12.4. The van der Waals surface area contributed by atoms with Crippen LogP contribution in [-0.4, -0.2) is 20.9 Å². The number of hydrogen-bond donors (Lipinski definition) is 1. The highest BCUT2D eigenvalue weighted by molar-refractivity contribution is 5.86. The molecule has 0 unspecified atom stereocenters. The molecule has 0 aliphatic heterocycles. The molecule has 3 rings (SSSR count). The lowest BCUT2D eigenvalue weighted by atomic mass is 10.1. The molecular weight excluding hydrogens is 274 g/mol. The molecule has 0 saturated heterocycles. The minimum atomic E-state index is 0.241. The van der Waals surface area contributed by atoms with Gasteiger partial charge in [0, 0.05) is 18.8 Å². The van der Waals surface area contributed by atoms with Gasteiger partial charge in [-0.3, -0.25) is 0 Å². The van der Waals surface area contributed by atoms with Gasteiger partial charge in [0.15, 0.2) is 0 Å². The summed E-state index contributed by atoms with van der Waals surface area (Å²) in [4.78, 5) is 8.90. The average Bonchev–Trinajstić information content (AvgIpc) is 2.85.